The van der Waals surface area contributed by atoms with Crippen molar-refractivity contribution in [3.8, 4) is 5.75 Å². The number of hydrogen-bond acceptors (Lipinski definition) is 3. The molecule has 2 aromatic carbocycles. The second-order valence-electron chi connectivity index (χ2n) is 7.22. The Bertz CT molecular complexity index is 741. The Hall–Kier alpha value is -2.07. The first-order valence-corrected chi connectivity index (χ1v) is 9.51. The fourth-order valence-corrected chi connectivity index (χ4v) is 3.24. The van der Waals surface area contributed by atoms with E-state index in [1.54, 1.807) is 0 Å². The third-order valence-corrected chi connectivity index (χ3v) is 4.33. The lowest BCUT2D eigenvalue weighted by Crippen LogP contribution is -2.44. The molecule has 0 aliphatic rings. The molecule has 0 radical (unpaired) electrons. The van der Waals surface area contributed by atoms with Crippen LogP contribution in [0, 0.1) is 5.92 Å². The van der Waals surface area contributed by atoms with E-state index in [-0.39, 0.29) is 5.91 Å². The number of fused-ring (bicyclic) bond motifs is 1. The molecule has 0 bridgehead atoms. The summed E-state index contributed by atoms with van der Waals surface area (Å²) in [5, 5.41) is 5.05. The van der Waals surface area contributed by atoms with Gasteiger partial charge in [0.15, 0.2) is 0 Å². The number of nitrogens with one attached hydrogen (secondary N) is 1. The van der Waals surface area contributed by atoms with Gasteiger partial charge in [-0.2, -0.15) is 0 Å². The molecule has 0 fully saturated rings. The van der Waals surface area contributed by atoms with Crippen LogP contribution in [0.1, 0.15) is 47.5 Å². The van der Waals surface area contributed by atoms with Gasteiger partial charge in [0, 0.05) is 23.1 Å². The summed E-state index contributed by atoms with van der Waals surface area (Å²) in [6.07, 6.45) is 1.56. The Morgan fingerprint density at radius 2 is 1.81 bits per heavy atom. The van der Waals surface area contributed by atoms with E-state index in [1.165, 1.54) is 0 Å². The van der Waals surface area contributed by atoms with E-state index in [1.807, 2.05) is 57.2 Å². The molecule has 0 aliphatic heterocycles. The van der Waals surface area contributed by atoms with Crippen molar-refractivity contribution in [2.75, 3.05) is 18.5 Å². The number of carbonyl (C=O) groups is 1. The van der Waals surface area contributed by atoms with Gasteiger partial charge in [-0.05, 0) is 44.7 Å². The molecule has 4 nitrogen and oxygen atoms in total. The molecule has 2 rings (SSSR count). The maximum Gasteiger partial charge on any atom is 0.256 e. The highest BCUT2D eigenvalue weighted by Gasteiger charge is 2.35. The van der Waals surface area contributed by atoms with Crippen molar-refractivity contribution >= 4 is 22.4 Å². The van der Waals surface area contributed by atoms with Crippen molar-refractivity contribution in [3.05, 3.63) is 36.4 Å². The van der Waals surface area contributed by atoms with Crippen LogP contribution in [0.4, 0.5) is 5.69 Å². The van der Waals surface area contributed by atoms with Crippen molar-refractivity contribution in [1.29, 1.82) is 0 Å². The molecule has 1 atom stereocenters. The van der Waals surface area contributed by atoms with E-state index in [4.69, 9.17) is 9.47 Å². The minimum atomic E-state index is -0.843. The van der Waals surface area contributed by atoms with Gasteiger partial charge in [-0.3, -0.25) is 4.79 Å². The molecule has 0 heterocycles. The normalized spacial score (nSPS) is 13.6. The zero-order valence-corrected chi connectivity index (χ0v) is 16.6. The van der Waals surface area contributed by atoms with Crippen molar-refractivity contribution in [2.45, 2.75) is 53.1 Å². The molecule has 0 saturated heterocycles. The second-order valence-corrected chi connectivity index (χ2v) is 7.22. The van der Waals surface area contributed by atoms with E-state index in [0.717, 1.165) is 28.6 Å². The molecule has 2 aromatic rings. The number of anilines is 1. The fourth-order valence-electron chi connectivity index (χ4n) is 3.24. The van der Waals surface area contributed by atoms with Gasteiger partial charge in [-0.25, -0.2) is 0 Å². The third-order valence-electron chi connectivity index (χ3n) is 4.33. The summed E-state index contributed by atoms with van der Waals surface area (Å²) in [5.74, 6) is 1.09. The highest BCUT2D eigenvalue weighted by atomic mass is 16.5. The minimum absolute atomic E-state index is 0.103. The van der Waals surface area contributed by atoms with Crippen LogP contribution < -0.4 is 10.1 Å². The molecule has 142 valence electrons. The topological polar surface area (TPSA) is 47.6 Å². The maximum absolute atomic E-state index is 13.1. The average molecular weight is 357 g/mol. The van der Waals surface area contributed by atoms with Crippen LogP contribution in [-0.2, 0) is 9.53 Å². The smallest absolute Gasteiger partial charge is 0.256 e. The summed E-state index contributed by atoms with van der Waals surface area (Å²) in [5.41, 5.74) is -0.0618. The summed E-state index contributed by atoms with van der Waals surface area (Å²) in [6, 6.07) is 11.8. The van der Waals surface area contributed by atoms with Crippen molar-refractivity contribution in [3.63, 3.8) is 0 Å². The van der Waals surface area contributed by atoms with Gasteiger partial charge in [-0.15, -0.1) is 0 Å². The third kappa shape index (κ3) is 4.76. The molecule has 4 heteroatoms. The number of ether oxygens (including phenoxy) is 2. The lowest BCUT2D eigenvalue weighted by atomic mass is 9.92. The number of hydrogen-bond donors (Lipinski definition) is 1. The molecule has 0 aliphatic carbocycles. The van der Waals surface area contributed by atoms with Crippen LogP contribution in [0.15, 0.2) is 36.4 Å². The minimum Gasteiger partial charge on any atom is -0.493 e. The van der Waals surface area contributed by atoms with Gasteiger partial charge < -0.3 is 14.8 Å². The molecule has 1 amide bonds. The summed E-state index contributed by atoms with van der Waals surface area (Å²) < 4.78 is 11.7. The quantitative estimate of drug-likeness (QED) is 0.653. The first kappa shape index (κ1) is 20.2. The van der Waals surface area contributed by atoms with Crippen molar-refractivity contribution in [1.82, 2.24) is 0 Å². The molecule has 0 saturated carbocycles. The molecule has 0 aromatic heterocycles. The lowest BCUT2D eigenvalue weighted by molar-refractivity contribution is -0.141. The van der Waals surface area contributed by atoms with Crippen LogP contribution in [0.3, 0.4) is 0 Å². The molecule has 1 N–H and O–H groups in total. The lowest BCUT2D eigenvalue weighted by Gasteiger charge is -2.30. The van der Waals surface area contributed by atoms with Gasteiger partial charge in [0.25, 0.3) is 5.91 Å². The van der Waals surface area contributed by atoms with Crippen molar-refractivity contribution < 1.29 is 14.3 Å². The number of rotatable bonds is 9. The van der Waals surface area contributed by atoms with E-state index in [9.17, 15) is 4.79 Å². The number of benzene rings is 2. The van der Waals surface area contributed by atoms with E-state index >= 15 is 0 Å². The van der Waals surface area contributed by atoms with Crippen LogP contribution >= 0.6 is 0 Å². The van der Waals surface area contributed by atoms with Crippen LogP contribution in [0.25, 0.3) is 10.8 Å². The zero-order valence-electron chi connectivity index (χ0n) is 16.6. The first-order chi connectivity index (χ1) is 12.4. The molecule has 26 heavy (non-hydrogen) atoms. The van der Waals surface area contributed by atoms with Gasteiger partial charge in [0.1, 0.15) is 11.4 Å². The predicted molar refractivity (Wildman–Crippen MR) is 108 cm³/mol. The molecule has 0 spiro atoms. The molecular weight excluding hydrogens is 326 g/mol. The SMILES string of the molecule is CCCO[C@](C)(CC(C)C)C(=O)Nc1ccc(OCC)c2ccccc12. The van der Waals surface area contributed by atoms with Crippen molar-refractivity contribution in [2.24, 2.45) is 5.92 Å². The van der Waals surface area contributed by atoms with Gasteiger partial charge in [0.2, 0.25) is 0 Å². The summed E-state index contributed by atoms with van der Waals surface area (Å²) in [7, 11) is 0. The van der Waals surface area contributed by atoms with Crippen LogP contribution in [0.5, 0.6) is 5.75 Å². The number of carbonyl (C=O) groups excluding carboxylic acids is 1. The Morgan fingerprint density at radius 1 is 1.12 bits per heavy atom. The van der Waals surface area contributed by atoms with E-state index in [0.29, 0.717) is 25.6 Å². The standard InChI is InChI=1S/C22H31NO3/c1-6-14-26-22(5,15-16(3)4)21(24)23-19-12-13-20(25-7-2)18-11-9-8-10-17(18)19/h8-13,16H,6-7,14-15H2,1-5H3,(H,23,24)/t22-/m1/s1. The highest BCUT2D eigenvalue weighted by molar-refractivity contribution is 6.06. The predicted octanol–water partition coefficient (Wildman–Crippen LogP) is 5.41. The Kier molecular flexibility index (Phi) is 7.04. The monoisotopic (exact) mass is 357 g/mol. The summed E-state index contributed by atoms with van der Waals surface area (Å²) >= 11 is 0. The summed E-state index contributed by atoms with van der Waals surface area (Å²) in [4.78, 5) is 13.1. The second kappa shape index (κ2) is 9.04. The van der Waals surface area contributed by atoms with E-state index < -0.39 is 5.60 Å². The Morgan fingerprint density at radius 3 is 2.42 bits per heavy atom. The Labute approximate surface area is 156 Å². The molecular formula is C22H31NO3. The van der Waals surface area contributed by atoms with Gasteiger partial charge in [0.05, 0.1) is 6.61 Å². The maximum atomic E-state index is 13.1. The number of amides is 1. The van der Waals surface area contributed by atoms with Gasteiger partial charge >= 0.3 is 0 Å². The van der Waals surface area contributed by atoms with Gasteiger partial charge in [-0.1, -0.05) is 45.0 Å². The first-order valence-electron chi connectivity index (χ1n) is 9.51. The summed E-state index contributed by atoms with van der Waals surface area (Å²) in [6.45, 7) is 11.3. The van der Waals surface area contributed by atoms with Crippen LogP contribution in [0.2, 0.25) is 0 Å². The Balaban J connectivity index is 2.33. The molecule has 0 unspecified atom stereocenters. The fraction of sp³-hybridized carbons (Fsp3) is 0.500. The average Bonchev–Trinajstić information content (AvgIpc) is 2.61. The highest BCUT2D eigenvalue weighted by Crippen LogP contribution is 2.33. The van der Waals surface area contributed by atoms with E-state index in [2.05, 4.69) is 19.2 Å². The largest absolute Gasteiger partial charge is 0.493 e. The zero-order chi connectivity index (χ0) is 19.2. The van der Waals surface area contributed by atoms with Crippen LogP contribution in [-0.4, -0.2) is 24.7 Å².